The van der Waals surface area contributed by atoms with Crippen molar-refractivity contribution < 1.29 is 13.2 Å². The molecule has 0 amide bonds. The molecule has 0 saturated heterocycles. The van der Waals surface area contributed by atoms with Crippen molar-refractivity contribution in [1.82, 2.24) is 15.0 Å². The van der Waals surface area contributed by atoms with Gasteiger partial charge < -0.3 is 10.6 Å². The molecule has 0 aliphatic rings. The predicted molar refractivity (Wildman–Crippen MR) is 135 cm³/mol. The number of nitrogens with zero attached hydrogens (tertiary/aromatic N) is 3. The van der Waals surface area contributed by atoms with Crippen molar-refractivity contribution in [2.45, 2.75) is 6.18 Å². The van der Waals surface area contributed by atoms with E-state index in [1.54, 1.807) is 18.2 Å². The van der Waals surface area contributed by atoms with E-state index in [-0.39, 0.29) is 0 Å². The Morgan fingerprint density at radius 2 is 1.43 bits per heavy atom. The summed E-state index contributed by atoms with van der Waals surface area (Å²) in [5.74, 6) is 0.793. The van der Waals surface area contributed by atoms with Gasteiger partial charge in [0.25, 0.3) is 0 Å². The minimum absolute atomic E-state index is 0.350. The number of fused-ring (bicyclic) bond motifs is 1. The Morgan fingerprint density at radius 3 is 2.09 bits per heavy atom. The lowest BCUT2D eigenvalue weighted by Gasteiger charge is -2.10. The Labute approximate surface area is 211 Å². The van der Waals surface area contributed by atoms with Gasteiger partial charge in [-0.2, -0.15) is 13.2 Å². The van der Waals surface area contributed by atoms with E-state index in [9.17, 15) is 13.2 Å². The average Bonchev–Trinajstić information content (AvgIpc) is 3.25. The molecule has 35 heavy (non-hydrogen) atoms. The molecule has 0 unspecified atom stereocenters. The highest BCUT2D eigenvalue weighted by Crippen LogP contribution is 2.38. The first-order chi connectivity index (χ1) is 16.8. The third kappa shape index (κ3) is 5.02. The molecule has 0 fully saturated rings. The highest BCUT2D eigenvalue weighted by molar-refractivity contribution is 7.22. The Bertz CT molecular complexity index is 1490. The molecule has 5 nitrogen and oxygen atoms in total. The maximum Gasteiger partial charge on any atom is 0.416 e. The van der Waals surface area contributed by atoms with E-state index < -0.39 is 11.7 Å². The number of nitrogens with one attached hydrogen (secondary N) is 2. The molecular formula is C24H14Cl2F3N5S. The van der Waals surface area contributed by atoms with Gasteiger partial charge in [-0.25, -0.2) is 15.0 Å². The molecule has 0 saturated carbocycles. The van der Waals surface area contributed by atoms with Crippen LogP contribution in [0.4, 0.5) is 35.5 Å². The number of halogens is 5. The summed E-state index contributed by atoms with van der Waals surface area (Å²) in [7, 11) is 0. The number of benzene rings is 3. The topological polar surface area (TPSA) is 62.7 Å². The van der Waals surface area contributed by atoms with E-state index in [0.717, 1.165) is 17.7 Å². The molecule has 5 rings (SSSR count). The lowest BCUT2D eigenvalue weighted by atomic mass is 10.2. The smallest absolute Gasteiger partial charge is 0.338 e. The number of anilines is 4. The summed E-state index contributed by atoms with van der Waals surface area (Å²) in [6, 6.07) is 19.2. The van der Waals surface area contributed by atoms with E-state index in [1.807, 2.05) is 30.3 Å². The number of hydrogen-bond donors (Lipinski definition) is 2. The van der Waals surface area contributed by atoms with Crippen LogP contribution in [0.5, 0.6) is 0 Å². The van der Waals surface area contributed by atoms with Gasteiger partial charge >= 0.3 is 6.18 Å². The Morgan fingerprint density at radius 1 is 0.743 bits per heavy atom. The fraction of sp³-hybridized carbons (Fsp3) is 0.0417. The lowest BCUT2D eigenvalue weighted by Crippen LogP contribution is -2.05. The van der Waals surface area contributed by atoms with Gasteiger partial charge in [0.15, 0.2) is 21.6 Å². The van der Waals surface area contributed by atoms with Crippen molar-refractivity contribution in [3.05, 3.63) is 88.4 Å². The van der Waals surface area contributed by atoms with Gasteiger partial charge in [0.1, 0.15) is 5.52 Å². The number of rotatable bonds is 5. The van der Waals surface area contributed by atoms with Crippen LogP contribution in [0, 0.1) is 0 Å². The Balaban J connectivity index is 1.57. The van der Waals surface area contributed by atoms with Crippen LogP contribution in [0.1, 0.15) is 5.56 Å². The minimum atomic E-state index is -4.42. The summed E-state index contributed by atoms with van der Waals surface area (Å²) in [6.07, 6.45) is -4.42. The molecule has 0 spiro atoms. The van der Waals surface area contributed by atoms with E-state index in [4.69, 9.17) is 23.2 Å². The van der Waals surface area contributed by atoms with Crippen molar-refractivity contribution in [2.24, 2.45) is 0 Å². The summed E-state index contributed by atoms with van der Waals surface area (Å²) < 4.78 is 38.9. The fourth-order valence-corrected chi connectivity index (χ4v) is 4.62. The van der Waals surface area contributed by atoms with Gasteiger partial charge in [-0.05, 0) is 36.4 Å². The second-order valence-corrected chi connectivity index (χ2v) is 9.15. The van der Waals surface area contributed by atoms with E-state index in [1.165, 1.54) is 23.5 Å². The molecule has 2 N–H and O–H groups in total. The maximum absolute atomic E-state index is 13.0. The molecule has 0 atom stereocenters. The third-order valence-electron chi connectivity index (χ3n) is 4.96. The summed E-state index contributed by atoms with van der Waals surface area (Å²) in [4.78, 5) is 14.4. The van der Waals surface area contributed by atoms with Crippen LogP contribution < -0.4 is 10.6 Å². The van der Waals surface area contributed by atoms with Crippen molar-refractivity contribution in [2.75, 3.05) is 10.6 Å². The van der Waals surface area contributed by atoms with Crippen LogP contribution in [-0.2, 0) is 6.18 Å². The number of thiazole rings is 1. The van der Waals surface area contributed by atoms with Gasteiger partial charge in [-0.3, -0.25) is 0 Å². The van der Waals surface area contributed by atoms with E-state index >= 15 is 0 Å². The second-order valence-electron chi connectivity index (χ2n) is 7.36. The van der Waals surface area contributed by atoms with Crippen LogP contribution in [0.25, 0.3) is 21.7 Å². The van der Waals surface area contributed by atoms with E-state index in [2.05, 4.69) is 25.6 Å². The molecule has 0 aliphatic carbocycles. The zero-order chi connectivity index (χ0) is 24.6. The van der Waals surface area contributed by atoms with Gasteiger partial charge in [0.2, 0.25) is 0 Å². The molecule has 11 heteroatoms. The molecule has 3 aromatic carbocycles. The standard InChI is InChI=1S/C24H14Cl2F3N5S/c25-16-7-4-8-17(26)18(16)31-23-32-19-21(30-15-11-9-14(10-12-15)24(27,28)29)33-20(34-22(19)35-23)13-5-2-1-3-6-13/h1-12H,(H,31,32)(H,30,33,34). The van der Waals surface area contributed by atoms with Gasteiger partial charge in [-0.15, -0.1) is 0 Å². The van der Waals surface area contributed by atoms with Crippen LogP contribution in [0.15, 0.2) is 72.8 Å². The number of alkyl halides is 3. The van der Waals surface area contributed by atoms with Crippen LogP contribution in [0.3, 0.4) is 0 Å². The molecule has 176 valence electrons. The van der Waals surface area contributed by atoms with Crippen molar-refractivity contribution >= 4 is 67.2 Å². The number of para-hydroxylation sites is 1. The largest absolute Gasteiger partial charge is 0.416 e. The average molecular weight is 532 g/mol. The van der Waals surface area contributed by atoms with E-state index in [0.29, 0.717) is 48.5 Å². The van der Waals surface area contributed by atoms with Crippen molar-refractivity contribution in [3.8, 4) is 11.4 Å². The first-order valence-electron chi connectivity index (χ1n) is 10.2. The zero-order valence-corrected chi connectivity index (χ0v) is 19.9. The summed E-state index contributed by atoms with van der Waals surface area (Å²) in [5.41, 5.74) is 1.41. The molecule has 2 aromatic heterocycles. The van der Waals surface area contributed by atoms with Gasteiger partial charge in [0, 0.05) is 11.3 Å². The van der Waals surface area contributed by atoms with Crippen LogP contribution >= 0.6 is 34.5 Å². The highest BCUT2D eigenvalue weighted by atomic mass is 35.5. The van der Waals surface area contributed by atoms with Gasteiger partial charge in [-0.1, -0.05) is 70.9 Å². The summed E-state index contributed by atoms with van der Waals surface area (Å²) in [6.45, 7) is 0. The summed E-state index contributed by atoms with van der Waals surface area (Å²) in [5, 5.41) is 7.54. The molecule has 2 heterocycles. The first kappa shape index (κ1) is 23.3. The Hall–Kier alpha value is -3.40. The Kier molecular flexibility index (Phi) is 6.22. The predicted octanol–water partition coefficient (Wildman–Crippen LogP) is 8.57. The second kappa shape index (κ2) is 9.33. The van der Waals surface area contributed by atoms with Crippen LogP contribution in [-0.4, -0.2) is 15.0 Å². The fourth-order valence-electron chi connectivity index (χ4n) is 3.28. The van der Waals surface area contributed by atoms with Gasteiger partial charge in [0.05, 0.1) is 21.3 Å². The maximum atomic E-state index is 13.0. The highest BCUT2D eigenvalue weighted by Gasteiger charge is 2.30. The quantitative estimate of drug-likeness (QED) is 0.238. The molecule has 0 aliphatic heterocycles. The molecule has 0 radical (unpaired) electrons. The molecule has 0 bridgehead atoms. The van der Waals surface area contributed by atoms with Crippen LogP contribution in [0.2, 0.25) is 10.0 Å². The number of aromatic nitrogens is 3. The molecular weight excluding hydrogens is 518 g/mol. The third-order valence-corrected chi connectivity index (χ3v) is 6.46. The number of hydrogen-bond acceptors (Lipinski definition) is 6. The van der Waals surface area contributed by atoms with Crippen molar-refractivity contribution in [3.63, 3.8) is 0 Å². The SMILES string of the molecule is FC(F)(F)c1ccc(Nc2nc(-c3ccccc3)nc3sc(Nc4c(Cl)cccc4Cl)nc23)cc1. The lowest BCUT2D eigenvalue weighted by molar-refractivity contribution is -0.137. The zero-order valence-electron chi connectivity index (χ0n) is 17.6. The molecule has 5 aromatic rings. The normalized spacial score (nSPS) is 11.6. The minimum Gasteiger partial charge on any atom is -0.338 e. The van der Waals surface area contributed by atoms with Crippen molar-refractivity contribution in [1.29, 1.82) is 0 Å². The monoisotopic (exact) mass is 531 g/mol. The summed E-state index contributed by atoms with van der Waals surface area (Å²) >= 11 is 13.8. The first-order valence-corrected chi connectivity index (χ1v) is 11.7.